The Morgan fingerprint density at radius 2 is 0.814 bits per heavy atom. The molecule has 0 fully saturated rings. The molecule has 12 aromatic rings. The lowest BCUT2D eigenvalue weighted by molar-refractivity contribution is 0.673. The third-order valence-corrected chi connectivity index (χ3v) is 11.7. The van der Waals surface area contributed by atoms with E-state index >= 15 is 0 Å². The predicted molar refractivity (Wildman–Crippen MR) is 244 cm³/mol. The predicted octanol–water partition coefficient (Wildman–Crippen LogP) is 14.7. The van der Waals surface area contributed by atoms with Crippen LogP contribution in [0.15, 0.2) is 205 Å². The molecule has 0 unspecified atom stereocenters. The SMILES string of the molecule is c1ccc(-c2ccc3c(c2)cc(-c2ccc(-c4nc(-c5ccc6ccccc6c5)nc(-c5ccc6ccccc6c5)n4)c4ccccc24)c2c4ccccc4oc32)cc1. The number of rotatable bonds is 5. The summed E-state index contributed by atoms with van der Waals surface area (Å²) >= 11 is 0. The number of hydrogen-bond donors (Lipinski definition) is 0. The van der Waals surface area contributed by atoms with E-state index in [2.05, 4.69) is 194 Å². The van der Waals surface area contributed by atoms with Gasteiger partial charge in [0.25, 0.3) is 0 Å². The molecule has 2 heterocycles. The van der Waals surface area contributed by atoms with E-state index in [1.807, 2.05) is 6.07 Å². The monoisotopic (exact) mass is 751 g/mol. The van der Waals surface area contributed by atoms with Crippen molar-refractivity contribution in [1.82, 2.24) is 15.0 Å². The number of nitrogens with zero attached hydrogens (tertiary/aromatic N) is 3. The first-order valence-electron chi connectivity index (χ1n) is 19.9. The van der Waals surface area contributed by atoms with Gasteiger partial charge < -0.3 is 4.42 Å². The molecule has 2 aromatic heterocycles. The summed E-state index contributed by atoms with van der Waals surface area (Å²) < 4.78 is 6.72. The zero-order valence-corrected chi connectivity index (χ0v) is 31.8. The van der Waals surface area contributed by atoms with Gasteiger partial charge in [0.2, 0.25) is 0 Å². The van der Waals surface area contributed by atoms with Crippen LogP contribution in [0.3, 0.4) is 0 Å². The molecule has 0 saturated carbocycles. The van der Waals surface area contributed by atoms with Crippen LogP contribution in [0.5, 0.6) is 0 Å². The average molecular weight is 752 g/mol. The molecule has 0 saturated heterocycles. The van der Waals surface area contributed by atoms with Gasteiger partial charge in [-0.1, -0.05) is 158 Å². The minimum atomic E-state index is 0.624. The molecule has 0 amide bonds. The van der Waals surface area contributed by atoms with Gasteiger partial charge in [0, 0.05) is 32.8 Å². The van der Waals surface area contributed by atoms with Crippen molar-refractivity contribution in [3.8, 4) is 56.4 Å². The molecule has 274 valence electrons. The van der Waals surface area contributed by atoms with Gasteiger partial charge >= 0.3 is 0 Å². The molecule has 0 spiro atoms. The Morgan fingerprint density at radius 3 is 1.51 bits per heavy atom. The van der Waals surface area contributed by atoms with Crippen molar-refractivity contribution >= 4 is 65.0 Å². The van der Waals surface area contributed by atoms with Crippen LogP contribution in [0.4, 0.5) is 0 Å². The quantitative estimate of drug-likeness (QED) is 0.176. The molecule has 0 aliphatic rings. The molecular weight excluding hydrogens is 719 g/mol. The Morgan fingerprint density at radius 1 is 0.288 bits per heavy atom. The lowest BCUT2D eigenvalue weighted by atomic mass is 9.89. The summed E-state index contributed by atoms with van der Waals surface area (Å²) in [4.78, 5) is 15.6. The van der Waals surface area contributed by atoms with E-state index in [0.717, 1.165) is 82.1 Å². The summed E-state index contributed by atoms with van der Waals surface area (Å²) in [6.07, 6.45) is 0. The summed E-state index contributed by atoms with van der Waals surface area (Å²) in [5.41, 5.74) is 9.17. The van der Waals surface area contributed by atoms with Crippen molar-refractivity contribution in [2.75, 3.05) is 0 Å². The van der Waals surface area contributed by atoms with Gasteiger partial charge in [-0.05, 0) is 102 Å². The van der Waals surface area contributed by atoms with Crippen LogP contribution >= 0.6 is 0 Å². The fourth-order valence-electron chi connectivity index (χ4n) is 8.78. The first kappa shape index (κ1) is 33.2. The van der Waals surface area contributed by atoms with Crippen LogP contribution in [0.1, 0.15) is 0 Å². The molecule has 0 radical (unpaired) electrons. The molecule has 59 heavy (non-hydrogen) atoms. The lowest BCUT2D eigenvalue weighted by Gasteiger charge is -2.15. The number of para-hydroxylation sites is 1. The molecule has 4 nitrogen and oxygen atoms in total. The molecule has 0 N–H and O–H groups in total. The third-order valence-electron chi connectivity index (χ3n) is 11.7. The van der Waals surface area contributed by atoms with Crippen molar-refractivity contribution in [3.05, 3.63) is 200 Å². The van der Waals surface area contributed by atoms with E-state index in [1.54, 1.807) is 0 Å². The van der Waals surface area contributed by atoms with E-state index in [0.29, 0.717) is 17.5 Å². The fraction of sp³-hybridized carbons (Fsp3) is 0. The summed E-state index contributed by atoms with van der Waals surface area (Å²) in [5, 5.41) is 11.2. The standard InChI is InChI=1S/C55H33N3O/c1-2-12-34(13-3-1)39-26-27-43-42(32-39)33-49(51-48-20-10-11-21-50(48)59-52(43)51)46-28-29-47(45-19-9-8-18-44(45)46)55-57-53(40-24-22-35-14-4-6-16-37(35)30-40)56-54(58-55)41-25-23-36-15-5-7-17-38(36)31-41/h1-33H. The number of benzene rings is 10. The van der Waals surface area contributed by atoms with Gasteiger partial charge in [-0.15, -0.1) is 0 Å². The minimum Gasteiger partial charge on any atom is -0.455 e. The Labute approximate surface area is 339 Å². The first-order valence-corrected chi connectivity index (χ1v) is 19.9. The fourth-order valence-corrected chi connectivity index (χ4v) is 8.78. The molecule has 10 aromatic carbocycles. The van der Waals surface area contributed by atoms with Crippen molar-refractivity contribution in [3.63, 3.8) is 0 Å². The van der Waals surface area contributed by atoms with Gasteiger partial charge in [0.15, 0.2) is 17.5 Å². The highest BCUT2D eigenvalue weighted by atomic mass is 16.3. The number of aromatic nitrogens is 3. The maximum absolute atomic E-state index is 6.72. The highest BCUT2D eigenvalue weighted by molar-refractivity contribution is 6.23. The Balaban J connectivity index is 1.09. The summed E-state index contributed by atoms with van der Waals surface area (Å²) in [6, 6.07) is 70.6. The Hall–Kier alpha value is -7.95. The van der Waals surface area contributed by atoms with Crippen LogP contribution in [0.25, 0.3) is 121 Å². The van der Waals surface area contributed by atoms with Crippen LogP contribution in [0.2, 0.25) is 0 Å². The summed E-state index contributed by atoms with van der Waals surface area (Å²) in [6.45, 7) is 0. The van der Waals surface area contributed by atoms with Gasteiger partial charge in [0.1, 0.15) is 11.2 Å². The highest BCUT2D eigenvalue weighted by Crippen LogP contribution is 2.45. The number of furan rings is 1. The first-order chi connectivity index (χ1) is 29.2. The topological polar surface area (TPSA) is 51.8 Å². The second-order valence-electron chi connectivity index (χ2n) is 15.2. The summed E-state index contributed by atoms with van der Waals surface area (Å²) in [5.74, 6) is 1.89. The smallest absolute Gasteiger partial charge is 0.164 e. The molecule has 12 rings (SSSR count). The minimum absolute atomic E-state index is 0.624. The molecule has 0 bridgehead atoms. The highest BCUT2D eigenvalue weighted by Gasteiger charge is 2.21. The molecule has 0 atom stereocenters. The van der Waals surface area contributed by atoms with E-state index in [-0.39, 0.29) is 0 Å². The van der Waals surface area contributed by atoms with Gasteiger partial charge in [-0.2, -0.15) is 0 Å². The van der Waals surface area contributed by atoms with Crippen LogP contribution < -0.4 is 0 Å². The van der Waals surface area contributed by atoms with Gasteiger partial charge in [-0.25, -0.2) is 15.0 Å². The molecule has 0 aliphatic carbocycles. The molecule has 0 aliphatic heterocycles. The summed E-state index contributed by atoms with van der Waals surface area (Å²) in [7, 11) is 0. The normalized spacial score (nSPS) is 11.7. The molecule has 4 heteroatoms. The Kier molecular flexibility index (Phi) is 7.50. The van der Waals surface area contributed by atoms with Crippen molar-refractivity contribution in [2.24, 2.45) is 0 Å². The number of hydrogen-bond acceptors (Lipinski definition) is 4. The largest absolute Gasteiger partial charge is 0.455 e. The second kappa shape index (κ2) is 13.3. The second-order valence-corrected chi connectivity index (χ2v) is 15.2. The van der Waals surface area contributed by atoms with E-state index in [1.165, 1.54) is 21.9 Å². The van der Waals surface area contributed by atoms with Crippen LogP contribution in [-0.4, -0.2) is 15.0 Å². The number of fused-ring (bicyclic) bond motifs is 8. The lowest BCUT2D eigenvalue weighted by Crippen LogP contribution is -2.01. The van der Waals surface area contributed by atoms with E-state index < -0.39 is 0 Å². The van der Waals surface area contributed by atoms with Crippen LogP contribution in [0, 0.1) is 0 Å². The maximum atomic E-state index is 6.72. The van der Waals surface area contributed by atoms with E-state index in [9.17, 15) is 0 Å². The van der Waals surface area contributed by atoms with Gasteiger partial charge in [0.05, 0.1) is 0 Å². The molecular formula is C55H33N3O. The zero-order valence-electron chi connectivity index (χ0n) is 31.8. The van der Waals surface area contributed by atoms with Crippen molar-refractivity contribution in [2.45, 2.75) is 0 Å². The zero-order chi connectivity index (χ0) is 38.9. The van der Waals surface area contributed by atoms with Gasteiger partial charge in [-0.3, -0.25) is 0 Å². The van der Waals surface area contributed by atoms with Crippen molar-refractivity contribution < 1.29 is 4.42 Å². The van der Waals surface area contributed by atoms with Crippen LogP contribution in [-0.2, 0) is 0 Å². The van der Waals surface area contributed by atoms with Crippen molar-refractivity contribution in [1.29, 1.82) is 0 Å². The Bertz CT molecular complexity index is 3530. The average Bonchev–Trinajstić information content (AvgIpc) is 3.71. The maximum Gasteiger partial charge on any atom is 0.164 e. The third kappa shape index (κ3) is 5.57. The van der Waals surface area contributed by atoms with E-state index in [4.69, 9.17) is 19.4 Å².